The number of carbonyl (C=O) groups is 2. The van der Waals surface area contributed by atoms with Gasteiger partial charge < -0.3 is 14.2 Å². The number of ether oxygens (including phenoxy) is 3. The van der Waals surface area contributed by atoms with Crippen LogP contribution in [-0.2, 0) is 16.1 Å². The van der Waals surface area contributed by atoms with E-state index in [1.165, 1.54) is 34.3 Å². The van der Waals surface area contributed by atoms with E-state index in [-0.39, 0.29) is 30.9 Å². The van der Waals surface area contributed by atoms with Crippen molar-refractivity contribution in [3.63, 3.8) is 0 Å². The molecule has 0 aliphatic carbocycles. The Morgan fingerprint density at radius 1 is 1.05 bits per heavy atom. The number of anilines is 1. The molecule has 0 spiro atoms. The Balaban J connectivity index is 1.21. The molecule has 4 rings (SSSR count). The first-order valence-electron chi connectivity index (χ1n) is 11.7. The smallest absolute Gasteiger partial charge is 0.471 e. The lowest BCUT2D eigenvalue weighted by molar-refractivity contribution is -0.274. The van der Waals surface area contributed by atoms with Crippen molar-refractivity contribution in [3.05, 3.63) is 42.2 Å². The molecule has 200 valence electrons. The highest BCUT2D eigenvalue weighted by Crippen LogP contribution is 2.25. The number of halogens is 3. The largest absolute Gasteiger partial charge is 0.573 e. The summed E-state index contributed by atoms with van der Waals surface area (Å²) in [5.74, 6) is 0.152. The monoisotopic (exact) mass is 523 g/mol. The summed E-state index contributed by atoms with van der Waals surface area (Å²) < 4.78 is 51.8. The Kier molecular flexibility index (Phi) is 7.44. The summed E-state index contributed by atoms with van der Waals surface area (Å²) in [5, 5.41) is 0. The van der Waals surface area contributed by atoms with E-state index in [0.717, 1.165) is 5.56 Å². The maximum atomic E-state index is 12.6. The number of hydrogen-bond donors (Lipinski definition) is 0. The van der Waals surface area contributed by atoms with Gasteiger partial charge in [-0.3, -0.25) is 19.5 Å². The van der Waals surface area contributed by atoms with Gasteiger partial charge in [-0.2, -0.15) is 0 Å². The van der Waals surface area contributed by atoms with Crippen molar-refractivity contribution in [1.29, 1.82) is 0 Å². The molecule has 2 aliphatic rings. The van der Waals surface area contributed by atoms with E-state index in [4.69, 9.17) is 9.47 Å². The van der Waals surface area contributed by atoms with Gasteiger partial charge in [-0.05, 0) is 38.5 Å². The predicted octanol–water partition coefficient (Wildman–Crippen LogP) is 3.22. The standard InChI is InChI=1S/C24H28F3N5O5/c1-23(2,3)37-22(34)31-8-9-32(21(33)15-31)19-10-29-20(11-28-19)35-18-13-30(14-18)12-16-4-6-17(7-5-16)36-24(25,26)27/h4-7,10-11,18H,8-9,12-15H2,1-3H3. The fourth-order valence-corrected chi connectivity index (χ4v) is 3.86. The number of hydrogen-bond acceptors (Lipinski definition) is 8. The predicted molar refractivity (Wildman–Crippen MR) is 125 cm³/mol. The number of alkyl halides is 3. The molecular weight excluding hydrogens is 495 g/mol. The summed E-state index contributed by atoms with van der Waals surface area (Å²) in [6.07, 6.45) is -2.44. The van der Waals surface area contributed by atoms with Crippen LogP contribution in [0.4, 0.5) is 23.8 Å². The SMILES string of the molecule is CC(C)(C)OC(=O)N1CCN(c2cnc(OC3CN(Cc4ccc(OC(F)(F)F)cc4)C3)cn2)C(=O)C1. The van der Waals surface area contributed by atoms with Gasteiger partial charge in [-0.25, -0.2) is 14.8 Å². The van der Waals surface area contributed by atoms with Crippen molar-refractivity contribution >= 4 is 17.8 Å². The third-order valence-electron chi connectivity index (χ3n) is 5.54. The van der Waals surface area contributed by atoms with E-state index in [1.807, 2.05) is 0 Å². The zero-order valence-electron chi connectivity index (χ0n) is 20.7. The number of carbonyl (C=O) groups excluding carboxylic acids is 2. The van der Waals surface area contributed by atoms with Crippen molar-refractivity contribution in [2.45, 2.75) is 45.4 Å². The molecule has 1 aromatic carbocycles. The van der Waals surface area contributed by atoms with Crippen LogP contribution in [0.1, 0.15) is 26.3 Å². The molecule has 2 amide bonds. The summed E-state index contributed by atoms with van der Waals surface area (Å²) >= 11 is 0. The fourth-order valence-electron chi connectivity index (χ4n) is 3.86. The zero-order chi connectivity index (χ0) is 26.8. The third-order valence-corrected chi connectivity index (χ3v) is 5.54. The quantitative estimate of drug-likeness (QED) is 0.570. The number of amides is 2. The first kappa shape index (κ1) is 26.5. The highest BCUT2D eigenvalue weighted by atomic mass is 19.4. The average Bonchev–Trinajstić information content (AvgIpc) is 2.77. The molecule has 10 nitrogen and oxygen atoms in total. The molecule has 2 aliphatic heterocycles. The summed E-state index contributed by atoms with van der Waals surface area (Å²) in [5.41, 5.74) is 0.213. The minimum atomic E-state index is -4.71. The van der Waals surface area contributed by atoms with Crippen molar-refractivity contribution in [1.82, 2.24) is 19.8 Å². The molecular formula is C24H28F3N5O5. The van der Waals surface area contributed by atoms with E-state index in [0.29, 0.717) is 37.9 Å². The first-order valence-corrected chi connectivity index (χ1v) is 11.7. The Hall–Kier alpha value is -3.61. The average molecular weight is 524 g/mol. The van der Waals surface area contributed by atoms with Gasteiger partial charge >= 0.3 is 12.5 Å². The lowest BCUT2D eigenvalue weighted by atomic mass is 10.1. The van der Waals surface area contributed by atoms with E-state index >= 15 is 0 Å². The Bertz CT molecular complexity index is 1100. The maximum absolute atomic E-state index is 12.6. The fraction of sp³-hybridized carbons (Fsp3) is 0.500. The van der Waals surface area contributed by atoms with Crippen molar-refractivity contribution in [3.8, 4) is 11.6 Å². The first-order chi connectivity index (χ1) is 17.3. The van der Waals surface area contributed by atoms with Crippen LogP contribution in [0.2, 0.25) is 0 Å². The molecule has 0 unspecified atom stereocenters. The summed E-state index contributed by atoms with van der Waals surface area (Å²) in [7, 11) is 0. The normalized spacial score (nSPS) is 17.4. The number of piperazine rings is 1. The van der Waals surface area contributed by atoms with Crippen LogP contribution in [-0.4, -0.2) is 82.6 Å². The number of likely N-dealkylation sites (tertiary alicyclic amines) is 1. The van der Waals surface area contributed by atoms with Crippen LogP contribution in [0.15, 0.2) is 36.7 Å². The van der Waals surface area contributed by atoms with E-state index in [2.05, 4.69) is 19.6 Å². The second-order valence-corrected chi connectivity index (χ2v) is 9.79. The lowest BCUT2D eigenvalue weighted by Gasteiger charge is -2.38. The Labute approximate surface area is 211 Å². The van der Waals surface area contributed by atoms with Gasteiger partial charge in [0.05, 0.1) is 12.4 Å². The van der Waals surface area contributed by atoms with Crippen LogP contribution in [0.3, 0.4) is 0 Å². The molecule has 2 aromatic rings. The molecule has 1 aromatic heterocycles. The van der Waals surface area contributed by atoms with Crippen molar-refractivity contribution in [2.24, 2.45) is 0 Å². The van der Waals surface area contributed by atoms with E-state index < -0.39 is 18.1 Å². The molecule has 0 atom stereocenters. The molecule has 2 fully saturated rings. The van der Waals surface area contributed by atoms with Gasteiger partial charge in [-0.1, -0.05) is 12.1 Å². The number of aromatic nitrogens is 2. The van der Waals surface area contributed by atoms with E-state index in [1.54, 1.807) is 32.9 Å². The van der Waals surface area contributed by atoms with Crippen LogP contribution in [0, 0.1) is 0 Å². The zero-order valence-corrected chi connectivity index (χ0v) is 20.7. The topological polar surface area (TPSA) is 97.3 Å². The maximum Gasteiger partial charge on any atom is 0.573 e. The molecule has 37 heavy (non-hydrogen) atoms. The molecule has 0 N–H and O–H groups in total. The molecule has 0 bridgehead atoms. The Morgan fingerprint density at radius 2 is 1.76 bits per heavy atom. The molecule has 3 heterocycles. The van der Waals surface area contributed by atoms with Gasteiger partial charge in [0.25, 0.3) is 0 Å². The Morgan fingerprint density at radius 3 is 2.32 bits per heavy atom. The summed E-state index contributed by atoms with van der Waals surface area (Å²) in [4.78, 5) is 38.2. The third kappa shape index (κ3) is 7.44. The van der Waals surface area contributed by atoms with Crippen LogP contribution in [0.25, 0.3) is 0 Å². The second kappa shape index (κ2) is 10.4. The van der Waals surface area contributed by atoms with Gasteiger partial charge in [0.1, 0.15) is 24.0 Å². The number of benzene rings is 1. The van der Waals surface area contributed by atoms with Crippen LogP contribution in [0.5, 0.6) is 11.6 Å². The minimum absolute atomic E-state index is 0.105. The number of rotatable bonds is 6. The second-order valence-electron chi connectivity index (χ2n) is 9.79. The molecule has 2 saturated heterocycles. The summed E-state index contributed by atoms with van der Waals surface area (Å²) in [6.45, 7) is 7.58. The molecule has 13 heteroatoms. The van der Waals surface area contributed by atoms with Gasteiger partial charge in [-0.15, -0.1) is 13.2 Å². The molecule has 0 saturated carbocycles. The van der Waals surface area contributed by atoms with Gasteiger partial charge in [0, 0.05) is 32.7 Å². The van der Waals surface area contributed by atoms with Crippen LogP contribution >= 0.6 is 0 Å². The number of nitrogens with zero attached hydrogens (tertiary/aromatic N) is 5. The highest BCUT2D eigenvalue weighted by molar-refractivity contribution is 5.96. The van der Waals surface area contributed by atoms with Crippen molar-refractivity contribution < 1.29 is 37.0 Å². The molecule has 0 radical (unpaired) electrons. The lowest BCUT2D eigenvalue weighted by Crippen LogP contribution is -2.53. The minimum Gasteiger partial charge on any atom is -0.471 e. The van der Waals surface area contributed by atoms with Crippen LogP contribution < -0.4 is 14.4 Å². The van der Waals surface area contributed by atoms with Gasteiger partial charge in [0.2, 0.25) is 11.8 Å². The van der Waals surface area contributed by atoms with E-state index in [9.17, 15) is 22.8 Å². The summed E-state index contributed by atoms with van der Waals surface area (Å²) in [6, 6.07) is 5.76. The van der Waals surface area contributed by atoms with Crippen molar-refractivity contribution in [2.75, 3.05) is 37.6 Å². The highest BCUT2D eigenvalue weighted by Gasteiger charge is 2.33. The van der Waals surface area contributed by atoms with Gasteiger partial charge in [0.15, 0.2) is 5.82 Å².